The van der Waals surface area contributed by atoms with Gasteiger partial charge in [0.1, 0.15) is 0 Å². The molecule has 0 bridgehead atoms. The predicted octanol–water partition coefficient (Wildman–Crippen LogP) is 3.69. The Kier molecular flexibility index (Phi) is 5.17. The maximum atomic E-state index is 13.5. The molecule has 8 heteroatoms. The number of amides is 3. The molecule has 3 rings (SSSR count). The van der Waals surface area contributed by atoms with Gasteiger partial charge in [0, 0.05) is 13.6 Å². The summed E-state index contributed by atoms with van der Waals surface area (Å²) in [6.07, 6.45) is -1.80. The van der Waals surface area contributed by atoms with Crippen LogP contribution in [0.2, 0.25) is 0 Å². The molecule has 0 unspecified atom stereocenters. The van der Waals surface area contributed by atoms with Crippen molar-refractivity contribution in [1.29, 1.82) is 0 Å². The molecule has 0 fully saturated rings. The lowest BCUT2D eigenvalue weighted by Gasteiger charge is -2.32. The molecule has 0 aliphatic carbocycles. The maximum Gasteiger partial charge on any atom is 0.416 e. The molecule has 0 saturated heterocycles. The molecule has 3 amide bonds. The molecule has 1 N–H and O–H groups in total. The average Bonchev–Trinajstić information content (AvgIpc) is 2.95. The fraction of sp³-hybridized carbons (Fsp3) is 0.474. The Morgan fingerprint density at radius 1 is 1.19 bits per heavy atom. The summed E-state index contributed by atoms with van der Waals surface area (Å²) in [6.45, 7) is 2.82. The lowest BCUT2D eigenvalue weighted by atomic mass is 9.92. The molecule has 0 aromatic heterocycles. The lowest BCUT2D eigenvalue weighted by molar-refractivity contribution is -0.138. The summed E-state index contributed by atoms with van der Waals surface area (Å²) in [6, 6.07) is 3.44. The largest absolute Gasteiger partial charge is 0.416 e. The Hall–Kier alpha value is -2.51. The highest BCUT2D eigenvalue weighted by atomic mass is 19.4. The van der Waals surface area contributed by atoms with Crippen LogP contribution in [0.4, 0.5) is 18.0 Å². The highest BCUT2D eigenvalue weighted by molar-refractivity contribution is 6.01. The van der Waals surface area contributed by atoms with Crippen LogP contribution in [0, 0.1) is 0 Å². The Bertz CT molecular complexity index is 789. The van der Waals surface area contributed by atoms with Crippen molar-refractivity contribution in [2.75, 3.05) is 20.1 Å². The fourth-order valence-electron chi connectivity index (χ4n) is 3.60. The van der Waals surface area contributed by atoms with Crippen LogP contribution in [-0.4, -0.2) is 41.9 Å². The van der Waals surface area contributed by atoms with Gasteiger partial charge in [-0.05, 0) is 18.1 Å². The van der Waals surface area contributed by atoms with E-state index in [2.05, 4.69) is 12.2 Å². The normalized spacial score (nSPS) is 20.3. The standard InChI is InChI=1S/C19H22F3N3O2/c1-3-4-7-10-25-11-14-15(17(25)26)16(23-18(27)24(14)2)12-8-5-6-9-13(12)19(20,21)22/h5-6,8-9,16H,3-4,7,10-11H2,1-2H3,(H,23,27)/t16-/m0/s1. The minimum Gasteiger partial charge on any atom is -0.333 e. The number of urea groups is 1. The maximum absolute atomic E-state index is 13.5. The third-order valence-corrected chi connectivity index (χ3v) is 5.04. The van der Waals surface area contributed by atoms with Crippen LogP contribution in [0.1, 0.15) is 43.4 Å². The van der Waals surface area contributed by atoms with E-state index in [1.54, 1.807) is 4.90 Å². The van der Waals surface area contributed by atoms with E-state index in [4.69, 9.17) is 0 Å². The van der Waals surface area contributed by atoms with Crippen LogP contribution in [0.15, 0.2) is 35.5 Å². The number of halogens is 3. The third-order valence-electron chi connectivity index (χ3n) is 5.04. The molecule has 146 valence electrons. The Balaban J connectivity index is 2.00. The van der Waals surface area contributed by atoms with Gasteiger partial charge in [0.15, 0.2) is 0 Å². The third kappa shape index (κ3) is 3.52. The van der Waals surface area contributed by atoms with Crippen molar-refractivity contribution in [3.63, 3.8) is 0 Å². The summed E-state index contributed by atoms with van der Waals surface area (Å²) in [5.41, 5.74) is -0.251. The molecule has 5 nitrogen and oxygen atoms in total. The summed E-state index contributed by atoms with van der Waals surface area (Å²) in [7, 11) is 1.53. The van der Waals surface area contributed by atoms with Gasteiger partial charge in [-0.1, -0.05) is 38.0 Å². The summed E-state index contributed by atoms with van der Waals surface area (Å²) in [5, 5.41) is 2.57. The number of rotatable bonds is 5. The van der Waals surface area contributed by atoms with E-state index in [9.17, 15) is 22.8 Å². The number of carbonyl (C=O) groups is 2. The SMILES string of the molecule is CCCCCN1CC2=C(C1=O)[C@H](c1ccccc1C(F)(F)F)NC(=O)N2C. The molecule has 0 spiro atoms. The second-order valence-corrected chi connectivity index (χ2v) is 6.82. The van der Waals surface area contributed by atoms with E-state index in [-0.39, 0.29) is 23.6 Å². The molecule has 1 aromatic carbocycles. The summed E-state index contributed by atoms with van der Waals surface area (Å²) >= 11 is 0. The number of alkyl halides is 3. The van der Waals surface area contributed by atoms with Crippen molar-refractivity contribution in [3.8, 4) is 0 Å². The van der Waals surface area contributed by atoms with Crippen molar-refractivity contribution >= 4 is 11.9 Å². The zero-order valence-corrected chi connectivity index (χ0v) is 15.3. The Labute approximate surface area is 155 Å². The molecular weight excluding hydrogens is 359 g/mol. The first-order valence-electron chi connectivity index (χ1n) is 8.98. The van der Waals surface area contributed by atoms with Crippen LogP contribution in [0.5, 0.6) is 0 Å². The summed E-state index contributed by atoms with van der Waals surface area (Å²) < 4.78 is 40.4. The zero-order chi connectivity index (χ0) is 19.8. The van der Waals surface area contributed by atoms with E-state index in [0.29, 0.717) is 12.2 Å². The second-order valence-electron chi connectivity index (χ2n) is 6.82. The van der Waals surface area contributed by atoms with Crippen LogP contribution < -0.4 is 5.32 Å². The fourth-order valence-corrected chi connectivity index (χ4v) is 3.60. The van der Waals surface area contributed by atoms with Gasteiger partial charge in [-0.15, -0.1) is 0 Å². The smallest absolute Gasteiger partial charge is 0.333 e. The van der Waals surface area contributed by atoms with Crippen molar-refractivity contribution in [2.45, 2.75) is 38.4 Å². The monoisotopic (exact) mass is 381 g/mol. The van der Waals surface area contributed by atoms with E-state index in [1.807, 2.05) is 0 Å². The minimum atomic E-state index is -4.58. The number of hydrogen-bond donors (Lipinski definition) is 1. The summed E-state index contributed by atoms with van der Waals surface area (Å²) in [4.78, 5) is 28.2. The van der Waals surface area contributed by atoms with E-state index in [0.717, 1.165) is 25.3 Å². The van der Waals surface area contributed by atoms with Gasteiger partial charge in [0.25, 0.3) is 5.91 Å². The second kappa shape index (κ2) is 7.25. The Morgan fingerprint density at radius 3 is 2.56 bits per heavy atom. The first kappa shape index (κ1) is 19.3. The van der Waals surface area contributed by atoms with Crippen LogP contribution >= 0.6 is 0 Å². The molecular formula is C19H22F3N3O2. The first-order valence-corrected chi connectivity index (χ1v) is 8.98. The molecule has 1 aromatic rings. The van der Waals surface area contributed by atoms with E-state index < -0.39 is 23.8 Å². The van der Waals surface area contributed by atoms with Gasteiger partial charge in [-0.3, -0.25) is 9.69 Å². The van der Waals surface area contributed by atoms with Crippen LogP contribution in [0.3, 0.4) is 0 Å². The molecule has 0 saturated carbocycles. The molecule has 2 heterocycles. The molecule has 2 aliphatic rings. The van der Waals surface area contributed by atoms with Gasteiger partial charge in [0.2, 0.25) is 0 Å². The van der Waals surface area contributed by atoms with Gasteiger partial charge in [0.05, 0.1) is 29.4 Å². The van der Waals surface area contributed by atoms with Crippen molar-refractivity contribution < 1.29 is 22.8 Å². The van der Waals surface area contributed by atoms with Crippen molar-refractivity contribution in [3.05, 3.63) is 46.7 Å². The van der Waals surface area contributed by atoms with Gasteiger partial charge >= 0.3 is 12.2 Å². The highest BCUT2D eigenvalue weighted by Gasteiger charge is 2.45. The minimum absolute atomic E-state index is 0.109. The number of hydrogen-bond acceptors (Lipinski definition) is 2. The zero-order valence-electron chi connectivity index (χ0n) is 15.3. The lowest BCUT2D eigenvalue weighted by Crippen LogP contribution is -2.45. The van der Waals surface area contributed by atoms with Crippen LogP contribution in [0.25, 0.3) is 0 Å². The van der Waals surface area contributed by atoms with Crippen molar-refractivity contribution in [1.82, 2.24) is 15.1 Å². The molecule has 0 radical (unpaired) electrons. The van der Waals surface area contributed by atoms with Gasteiger partial charge < -0.3 is 10.2 Å². The molecule has 1 atom stereocenters. The quantitative estimate of drug-likeness (QED) is 0.791. The predicted molar refractivity (Wildman–Crippen MR) is 93.6 cm³/mol. The first-order chi connectivity index (χ1) is 12.8. The van der Waals surface area contributed by atoms with Crippen LogP contribution in [-0.2, 0) is 11.0 Å². The number of unbranched alkanes of at least 4 members (excludes halogenated alkanes) is 2. The van der Waals surface area contributed by atoms with E-state index in [1.165, 1.54) is 30.1 Å². The van der Waals surface area contributed by atoms with E-state index >= 15 is 0 Å². The number of benzene rings is 1. The number of nitrogens with one attached hydrogen (secondary N) is 1. The molecule has 27 heavy (non-hydrogen) atoms. The average molecular weight is 381 g/mol. The Morgan fingerprint density at radius 2 is 1.89 bits per heavy atom. The van der Waals surface area contributed by atoms with Gasteiger partial charge in [-0.2, -0.15) is 13.2 Å². The topological polar surface area (TPSA) is 52.7 Å². The highest BCUT2D eigenvalue weighted by Crippen LogP contribution is 2.41. The summed E-state index contributed by atoms with van der Waals surface area (Å²) in [5.74, 6) is -0.310. The number of carbonyl (C=O) groups excluding carboxylic acids is 2. The number of nitrogens with zero attached hydrogens (tertiary/aromatic N) is 2. The molecule has 2 aliphatic heterocycles. The van der Waals surface area contributed by atoms with Crippen molar-refractivity contribution in [2.24, 2.45) is 0 Å². The number of likely N-dealkylation sites (N-methyl/N-ethyl adjacent to an activating group) is 1. The van der Waals surface area contributed by atoms with Gasteiger partial charge in [-0.25, -0.2) is 4.79 Å².